The van der Waals surface area contributed by atoms with Crippen molar-refractivity contribution in [3.8, 4) is 0 Å². The molecule has 0 heterocycles. The second-order valence-electron chi connectivity index (χ2n) is 2.67. The monoisotopic (exact) mass is 141 g/mol. The Morgan fingerprint density at radius 3 is 2.33 bits per heavy atom. The molecule has 0 saturated heterocycles. The summed E-state index contributed by atoms with van der Waals surface area (Å²) in [7, 11) is 0.781. The van der Waals surface area contributed by atoms with Crippen LogP contribution in [0.25, 0.3) is 0 Å². The minimum Gasteiger partial charge on any atom is -0.334 e. The van der Waals surface area contributed by atoms with Gasteiger partial charge in [0.2, 0.25) is 0 Å². The summed E-state index contributed by atoms with van der Waals surface area (Å²) in [5.74, 6) is 0. The topological polar surface area (TPSA) is 12.0 Å². The van der Waals surface area contributed by atoms with Crippen LogP contribution in [0, 0.1) is 0 Å². The zero-order valence-electron chi connectivity index (χ0n) is 6.65. The normalized spacial score (nSPS) is 9.89. The molecule has 0 amide bonds. The first-order valence-electron chi connectivity index (χ1n) is 3.27. The molecule has 2 heteroatoms. The van der Waals surface area contributed by atoms with Gasteiger partial charge in [0.05, 0.1) is 0 Å². The van der Waals surface area contributed by atoms with Gasteiger partial charge in [-0.15, -0.1) is 0 Å². The predicted molar refractivity (Wildman–Crippen MR) is 43.5 cm³/mol. The zero-order chi connectivity index (χ0) is 7.28. The SMILES string of the molecule is CC(C)=C[Si]NC(C)C. The van der Waals surface area contributed by atoms with Gasteiger partial charge in [0.1, 0.15) is 0 Å². The number of nitrogens with one attached hydrogen (secondary N) is 1. The summed E-state index contributed by atoms with van der Waals surface area (Å²) in [5.41, 5.74) is 3.61. The van der Waals surface area contributed by atoms with Crippen LogP contribution in [0.3, 0.4) is 0 Å². The molecule has 52 valence electrons. The van der Waals surface area contributed by atoms with Gasteiger partial charge in [0.25, 0.3) is 0 Å². The molecule has 0 spiro atoms. The van der Waals surface area contributed by atoms with Crippen molar-refractivity contribution < 1.29 is 0 Å². The van der Waals surface area contributed by atoms with Crippen LogP contribution in [-0.4, -0.2) is 15.7 Å². The number of rotatable bonds is 3. The molecule has 0 rings (SSSR count). The summed E-state index contributed by atoms with van der Waals surface area (Å²) in [6.07, 6.45) is 0. The van der Waals surface area contributed by atoms with Crippen molar-refractivity contribution in [2.75, 3.05) is 0 Å². The van der Waals surface area contributed by atoms with E-state index in [2.05, 4.69) is 38.4 Å². The van der Waals surface area contributed by atoms with Crippen LogP contribution in [0.1, 0.15) is 27.7 Å². The number of allylic oxidation sites excluding steroid dienone is 1. The molecule has 1 nitrogen and oxygen atoms in total. The molecule has 0 unspecified atom stereocenters. The first kappa shape index (κ1) is 8.92. The molecule has 0 aromatic carbocycles. The van der Waals surface area contributed by atoms with Crippen LogP contribution < -0.4 is 4.98 Å². The Kier molecular flexibility index (Phi) is 4.72. The van der Waals surface area contributed by atoms with E-state index in [-0.39, 0.29) is 0 Å². The average molecular weight is 141 g/mol. The van der Waals surface area contributed by atoms with Gasteiger partial charge in [-0.2, -0.15) is 0 Å². The molecule has 0 aromatic heterocycles. The fourth-order valence-corrected chi connectivity index (χ4v) is 1.06. The van der Waals surface area contributed by atoms with Gasteiger partial charge >= 0.3 is 0 Å². The van der Waals surface area contributed by atoms with Gasteiger partial charge < -0.3 is 4.98 Å². The van der Waals surface area contributed by atoms with Crippen LogP contribution >= 0.6 is 0 Å². The molecular formula is C7H15NSi. The highest BCUT2D eigenvalue weighted by Gasteiger charge is 1.88. The van der Waals surface area contributed by atoms with Gasteiger partial charge in [0, 0.05) is 0 Å². The van der Waals surface area contributed by atoms with Crippen LogP contribution in [-0.2, 0) is 0 Å². The van der Waals surface area contributed by atoms with E-state index < -0.39 is 0 Å². The highest BCUT2D eigenvalue weighted by Crippen LogP contribution is 1.84. The largest absolute Gasteiger partial charge is 0.334 e. The average Bonchev–Trinajstić information content (AvgIpc) is 1.63. The van der Waals surface area contributed by atoms with Crippen molar-refractivity contribution in [2.24, 2.45) is 0 Å². The quantitative estimate of drug-likeness (QED) is 0.588. The number of hydrogen-bond acceptors (Lipinski definition) is 1. The first-order chi connectivity index (χ1) is 4.13. The Balaban J connectivity index is 3.20. The molecule has 0 atom stereocenters. The minimum absolute atomic E-state index is 0.610. The lowest BCUT2D eigenvalue weighted by atomic mass is 10.4. The molecule has 0 aromatic rings. The Hall–Kier alpha value is -0.0831. The smallest absolute Gasteiger partial charge is 0.171 e. The van der Waals surface area contributed by atoms with E-state index in [0.29, 0.717) is 6.04 Å². The molecule has 0 aliphatic heterocycles. The second kappa shape index (κ2) is 4.76. The third kappa shape index (κ3) is 7.92. The Morgan fingerprint density at radius 2 is 2.00 bits per heavy atom. The molecule has 2 radical (unpaired) electrons. The van der Waals surface area contributed by atoms with Crippen LogP contribution in [0.15, 0.2) is 11.3 Å². The summed E-state index contributed by atoms with van der Waals surface area (Å²) < 4.78 is 0. The molecule has 0 fully saturated rings. The van der Waals surface area contributed by atoms with Gasteiger partial charge in [0.15, 0.2) is 9.68 Å². The lowest BCUT2D eigenvalue weighted by Crippen LogP contribution is -2.25. The number of hydrogen-bond donors (Lipinski definition) is 1. The third-order valence-corrected chi connectivity index (χ3v) is 2.20. The lowest BCUT2D eigenvalue weighted by Gasteiger charge is -2.02. The Bertz CT molecular complexity index is 93.1. The maximum Gasteiger partial charge on any atom is 0.171 e. The van der Waals surface area contributed by atoms with Crippen molar-refractivity contribution in [3.63, 3.8) is 0 Å². The second-order valence-corrected chi connectivity index (χ2v) is 3.53. The summed E-state index contributed by atoms with van der Waals surface area (Å²) in [6, 6.07) is 0.610. The van der Waals surface area contributed by atoms with Crippen molar-refractivity contribution in [2.45, 2.75) is 33.7 Å². The first-order valence-corrected chi connectivity index (χ1v) is 4.35. The van der Waals surface area contributed by atoms with E-state index in [1.165, 1.54) is 5.57 Å². The highest BCUT2D eigenvalue weighted by atomic mass is 28.2. The summed E-state index contributed by atoms with van der Waals surface area (Å²) in [4.78, 5) is 3.33. The van der Waals surface area contributed by atoms with E-state index in [4.69, 9.17) is 0 Å². The molecule has 0 saturated carbocycles. The van der Waals surface area contributed by atoms with Crippen LogP contribution in [0.2, 0.25) is 0 Å². The van der Waals surface area contributed by atoms with Gasteiger partial charge in [-0.3, -0.25) is 0 Å². The standard InChI is InChI=1S/C7H15NSi/c1-6(2)5-9-8-7(3)4/h5,7-8H,1-4H3. The molecule has 9 heavy (non-hydrogen) atoms. The summed E-state index contributed by atoms with van der Waals surface area (Å²) in [5, 5.41) is 0. The minimum atomic E-state index is 0.610. The molecule has 0 aliphatic carbocycles. The van der Waals surface area contributed by atoms with Crippen molar-refractivity contribution in [3.05, 3.63) is 11.3 Å². The van der Waals surface area contributed by atoms with Crippen molar-refractivity contribution >= 4 is 9.68 Å². The summed E-state index contributed by atoms with van der Waals surface area (Å²) in [6.45, 7) is 8.56. The molecular weight excluding hydrogens is 126 g/mol. The fourth-order valence-electron chi connectivity index (χ4n) is 0.353. The Morgan fingerprint density at radius 1 is 1.44 bits per heavy atom. The van der Waals surface area contributed by atoms with Gasteiger partial charge in [-0.1, -0.05) is 25.1 Å². The van der Waals surface area contributed by atoms with Crippen LogP contribution in [0.5, 0.6) is 0 Å². The highest BCUT2D eigenvalue weighted by molar-refractivity contribution is 6.39. The predicted octanol–water partition coefficient (Wildman–Crippen LogP) is 1.53. The van der Waals surface area contributed by atoms with E-state index in [0.717, 1.165) is 9.68 Å². The fraction of sp³-hybridized carbons (Fsp3) is 0.714. The van der Waals surface area contributed by atoms with Gasteiger partial charge in [-0.25, -0.2) is 0 Å². The van der Waals surface area contributed by atoms with Crippen LogP contribution in [0.4, 0.5) is 0 Å². The Labute approximate surface area is 60.4 Å². The molecule has 0 bridgehead atoms. The van der Waals surface area contributed by atoms with E-state index in [9.17, 15) is 0 Å². The zero-order valence-corrected chi connectivity index (χ0v) is 7.65. The van der Waals surface area contributed by atoms with Crippen molar-refractivity contribution in [1.29, 1.82) is 0 Å². The third-order valence-electron chi connectivity index (χ3n) is 0.733. The molecule has 0 aliphatic rings. The molecule has 1 N–H and O–H groups in total. The van der Waals surface area contributed by atoms with Gasteiger partial charge in [-0.05, 0) is 19.9 Å². The van der Waals surface area contributed by atoms with E-state index >= 15 is 0 Å². The summed E-state index contributed by atoms with van der Waals surface area (Å²) >= 11 is 0. The van der Waals surface area contributed by atoms with E-state index in [1.807, 2.05) is 0 Å². The maximum atomic E-state index is 3.33. The maximum absolute atomic E-state index is 3.33. The lowest BCUT2D eigenvalue weighted by molar-refractivity contribution is 0.756. The van der Waals surface area contributed by atoms with E-state index in [1.54, 1.807) is 0 Å². The van der Waals surface area contributed by atoms with Crippen molar-refractivity contribution in [1.82, 2.24) is 4.98 Å².